The maximum atomic E-state index is 14.1. The molecule has 12 N–H and O–H groups in total. The number of aromatic carboxylic acids is 4. The Kier molecular flexibility index (Phi) is 26.4. The minimum absolute atomic E-state index is 0.00510. The Hall–Kier alpha value is -18.1. The van der Waals surface area contributed by atoms with Crippen LogP contribution >= 0.6 is 0 Å². The van der Waals surface area contributed by atoms with Crippen LogP contribution in [0.4, 0.5) is 45.5 Å². The van der Waals surface area contributed by atoms with Crippen molar-refractivity contribution < 1.29 is 92.2 Å². The van der Waals surface area contributed by atoms with E-state index in [2.05, 4.69) is 66.2 Å². The highest BCUT2D eigenvalue weighted by atomic mass is 16.5. The van der Waals surface area contributed by atoms with Gasteiger partial charge >= 0.3 is 23.9 Å². The number of hydrogen-bond donors (Lipinski definition) is 12. The van der Waals surface area contributed by atoms with Gasteiger partial charge in [-0.15, -0.1) is 25.7 Å². The lowest BCUT2D eigenvalue weighted by molar-refractivity contribution is 0.0683. The second-order valence-corrected chi connectivity index (χ2v) is 26.0. The minimum atomic E-state index is -1.49. The predicted molar refractivity (Wildman–Crippen MR) is 452 cm³/mol. The van der Waals surface area contributed by atoms with Crippen molar-refractivity contribution >= 4 is 117 Å². The fourth-order valence-corrected chi connectivity index (χ4v) is 11.6. The number of terminal acetylenes is 4. The number of benzene rings is 12. The van der Waals surface area contributed by atoms with E-state index >= 15 is 0 Å². The summed E-state index contributed by atoms with van der Waals surface area (Å²) in [4.78, 5) is 156. The summed E-state index contributed by atoms with van der Waals surface area (Å²) < 4.78 is 17.0. The number of methoxy groups -OCH3 is 1. The lowest BCUT2D eigenvalue weighted by Gasteiger charge is -2.14. The molecule has 12 aromatic rings. The Labute approximate surface area is 689 Å². The van der Waals surface area contributed by atoms with E-state index < -0.39 is 82.3 Å². The summed E-state index contributed by atoms with van der Waals surface area (Å²) in [5.41, 5.74) is 3.18. The van der Waals surface area contributed by atoms with Crippen LogP contribution in [0.25, 0.3) is 0 Å². The topological polar surface area (TPSA) is 410 Å². The van der Waals surface area contributed by atoms with E-state index in [0.29, 0.717) is 67.8 Å². The number of ether oxygens (including phenoxy) is 3. The molecule has 0 atom stereocenters. The number of carboxylic acids is 4. The van der Waals surface area contributed by atoms with Crippen molar-refractivity contribution in [3.63, 3.8) is 0 Å². The third-order valence-corrected chi connectivity index (χ3v) is 17.6. The summed E-state index contributed by atoms with van der Waals surface area (Å²) in [6, 6.07) is 61.6. The molecule has 0 saturated heterocycles. The zero-order valence-electron chi connectivity index (χ0n) is 63.5. The van der Waals surface area contributed by atoms with Crippen LogP contribution in [0.1, 0.15) is 152 Å². The van der Waals surface area contributed by atoms with Crippen LogP contribution in [-0.2, 0) is 0 Å². The maximum absolute atomic E-state index is 14.1. The summed E-state index contributed by atoms with van der Waals surface area (Å²) >= 11 is 0. The molecule has 27 heteroatoms. The third-order valence-electron chi connectivity index (χ3n) is 17.6. The smallest absolute Gasteiger partial charge is 0.336 e. The molecule has 0 saturated carbocycles. The van der Waals surface area contributed by atoms with E-state index in [1.807, 2.05) is 0 Å². The number of hydrogen-bond acceptors (Lipinski definition) is 15. The second-order valence-electron chi connectivity index (χ2n) is 26.0. The first kappa shape index (κ1) is 83.8. The van der Waals surface area contributed by atoms with E-state index in [0.717, 1.165) is 24.3 Å². The molecule has 0 radical (unpaired) electrons. The quantitative estimate of drug-likeness (QED) is 0.0236. The van der Waals surface area contributed by atoms with Gasteiger partial charge in [-0.25, -0.2) is 19.2 Å². The van der Waals surface area contributed by atoms with Crippen molar-refractivity contribution in [3.8, 4) is 78.1 Å². The van der Waals surface area contributed by atoms with E-state index in [1.165, 1.54) is 110 Å². The average Bonchev–Trinajstić information content (AvgIpc) is 0.810. The van der Waals surface area contributed by atoms with E-state index in [9.17, 15) is 78.0 Å². The Morgan fingerprint density at radius 2 is 0.455 bits per heavy atom. The van der Waals surface area contributed by atoms with E-state index in [1.54, 1.807) is 134 Å². The van der Waals surface area contributed by atoms with Crippen LogP contribution in [0, 0.1) is 56.3 Å². The number of carbonyl (C=O) groups excluding carboxylic acids is 8. The molecule has 121 heavy (non-hydrogen) atoms. The molecule has 0 bridgehead atoms. The number of amides is 8. The van der Waals surface area contributed by atoms with Crippen LogP contribution in [0.15, 0.2) is 255 Å². The van der Waals surface area contributed by atoms with Crippen LogP contribution in [0.2, 0.25) is 0 Å². The molecule has 0 aliphatic carbocycles. The van der Waals surface area contributed by atoms with Gasteiger partial charge in [0.1, 0.15) is 28.7 Å². The fraction of sp³-hybridized carbons (Fsp3) is 0.0213. The number of nitrogens with one attached hydrogen (secondary N) is 8. The Morgan fingerprint density at radius 3 is 0.719 bits per heavy atom. The SMILES string of the molecule is C#Cc1ccc(NC(=O)c2cc(NC(=O)c3cc(OC)ccc3C(=O)O)cc(C(=O)Nc3ccc(C#C)cc3)c2)cc1.C#Cc1ccc(NC(=O)c2cc(NC(=O)c3cc(Oc4ccc(C(=O)O)c(C(=O)Nc5ccc(Oc6ccc(NC(=O)c7cc(C)ccc7C(=O)O)cc6)cc5)c4)ccc3C(=O)O)cc(C(=O)Nc3ccc(C#C)cc3)c2)cc1. The van der Waals surface area contributed by atoms with Crippen LogP contribution in [-0.4, -0.2) is 98.7 Å². The van der Waals surface area contributed by atoms with Gasteiger partial charge in [-0.1, -0.05) is 35.3 Å². The molecule has 12 rings (SSSR count). The van der Waals surface area contributed by atoms with Gasteiger partial charge < -0.3 is 77.2 Å². The van der Waals surface area contributed by atoms with Crippen molar-refractivity contribution in [2.75, 3.05) is 49.6 Å². The van der Waals surface area contributed by atoms with Gasteiger partial charge in [-0.05, 0) is 256 Å². The molecular formula is C94H64N8O19. The molecule has 0 fully saturated rings. The molecular weight excluding hydrogens is 1550 g/mol. The Bertz CT molecular complexity index is 6180. The highest BCUT2D eigenvalue weighted by molar-refractivity contribution is 6.17. The summed E-state index contributed by atoms with van der Waals surface area (Å²) in [5.74, 6) is -0.420. The van der Waals surface area contributed by atoms with Gasteiger partial charge in [0.05, 0.1) is 51.6 Å². The molecule has 594 valence electrons. The molecule has 0 spiro atoms. The standard InChI is InChI=1S/C61H41N5O13.C33H23N3O6/c1-4-35-7-11-39(12-8-35)62-54(67)37-29-38(55(68)63-40-13-9-36(5-2)10-14-40)31-43(30-37)66-58(71)53-33-47(24-27-50(53)61(76)77)79-46-23-26-49(60(74)75)52(32-46)57(70)65-42-17-21-45(22-18-42)78-44-19-15-41(16-20-44)64-56(69)51-28-34(3)6-25-48(51)59(72)73;1-4-20-6-10-24(11-7-20)34-30(37)22-16-23(31(38)35-25-12-8-21(5-2)9-13-25)18-26(17-22)36-32(39)29-19-27(42-3)14-15-28(29)33(40)41/h1-2,6-33H,3H3,(H,62,67)(H,63,68)(H,64,69)(H,65,70)(H,66,71)(H,72,73)(H,74,75)(H,76,77);1-2,6-19H,3H3,(H,34,37)(H,35,38)(H,36,39)(H,40,41). The number of aryl methyl sites for hydroxylation is 1. The summed E-state index contributed by atoms with van der Waals surface area (Å²) in [5, 5.41) is 60.6. The van der Waals surface area contributed by atoms with Crippen molar-refractivity contribution in [2.45, 2.75) is 6.92 Å². The maximum Gasteiger partial charge on any atom is 0.336 e. The van der Waals surface area contributed by atoms with Gasteiger partial charge in [0, 0.05) is 90.0 Å². The molecule has 0 heterocycles. The van der Waals surface area contributed by atoms with Crippen LogP contribution in [0.3, 0.4) is 0 Å². The fourth-order valence-electron chi connectivity index (χ4n) is 11.6. The van der Waals surface area contributed by atoms with Crippen molar-refractivity contribution in [2.24, 2.45) is 0 Å². The van der Waals surface area contributed by atoms with Gasteiger partial charge in [0.25, 0.3) is 47.3 Å². The predicted octanol–water partition coefficient (Wildman–Crippen LogP) is 16.0. The monoisotopic (exact) mass is 1610 g/mol. The van der Waals surface area contributed by atoms with E-state index in [-0.39, 0.29) is 89.9 Å². The number of anilines is 8. The van der Waals surface area contributed by atoms with Gasteiger partial charge in [0.2, 0.25) is 0 Å². The molecule has 8 amide bonds. The first-order chi connectivity index (χ1) is 58.1. The minimum Gasteiger partial charge on any atom is -0.497 e. The zero-order chi connectivity index (χ0) is 86.6. The molecule has 0 aliphatic rings. The normalized spacial score (nSPS) is 10.2. The van der Waals surface area contributed by atoms with Gasteiger partial charge in [-0.2, -0.15) is 0 Å². The second kappa shape index (κ2) is 38.2. The van der Waals surface area contributed by atoms with Crippen molar-refractivity contribution in [1.29, 1.82) is 0 Å². The van der Waals surface area contributed by atoms with Crippen LogP contribution in [0.5, 0.6) is 28.7 Å². The zero-order valence-corrected chi connectivity index (χ0v) is 63.5. The van der Waals surface area contributed by atoms with E-state index in [4.69, 9.17) is 39.9 Å². The summed E-state index contributed by atoms with van der Waals surface area (Å²) in [6.45, 7) is 1.74. The summed E-state index contributed by atoms with van der Waals surface area (Å²) in [6.07, 6.45) is 21.7. The van der Waals surface area contributed by atoms with Gasteiger partial charge in [0.15, 0.2) is 0 Å². The number of carboxylic acid groups (broad SMARTS) is 4. The highest BCUT2D eigenvalue weighted by Crippen LogP contribution is 2.32. The van der Waals surface area contributed by atoms with Gasteiger partial charge in [-0.3, -0.25) is 38.4 Å². The largest absolute Gasteiger partial charge is 0.497 e. The highest BCUT2D eigenvalue weighted by Gasteiger charge is 2.26. The van der Waals surface area contributed by atoms with Crippen molar-refractivity contribution in [1.82, 2.24) is 0 Å². The lowest BCUT2D eigenvalue weighted by Crippen LogP contribution is -2.19. The Balaban J connectivity index is 0.000000286. The molecule has 0 unspecified atom stereocenters. The first-order valence-electron chi connectivity index (χ1n) is 35.8. The number of carbonyl (C=O) groups is 12. The number of rotatable bonds is 25. The van der Waals surface area contributed by atoms with Crippen LogP contribution < -0.4 is 56.7 Å². The average molecular weight is 1610 g/mol. The molecule has 0 aromatic heterocycles. The molecule has 0 aliphatic heterocycles. The third kappa shape index (κ3) is 21.8. The molecule has 27 nitrogen and oxygen atoms in total. The summed E-state index contributed by atoms with van der Waals surface area (Å²) in [7, 11) is 1.38. The lowest BCUT2D eigenvalue weighted by atomic mass is 10.0. The molecule has 12 aromatic carbocycles. The Morgan fingerprint density at radius 1 is 0.240 bits per heavy atom. The van der Waals surface area contributed by atoms with Crippen molar-refractivity contribution in [3.05, 3.63) is 349 Å². The first-order valence-corrected chi connectivity index (χ1v) is 35.8.